The van der Waals surface area contributed by atoms with Crippen molar-refractivity contribution < 1.29 is 18.8 Å². The van der Waals surface area contributed by atoms with Crippen LogP contribution in [0.1, 0.15) is 40.5 Å². The molecule has 0 fully saturated rings. The molecule has 174 valence electrons. The van der Waals surface area contributed by atoms with E-state index >= 15 is 0 Å². The summed E-state index contributed by atoms with van der Waals surface area (Å²) in [5, 5.41) is 4.60. The second-order valence-corrected chi connectivity index (χ2v) is 8.01. The Bertz CT molecular complexity index is 1300. The maximum Gasteiger partial charge on any atom is 0.307 e. The Hall–Kier alpha value is -4.07. The number of esters is 1. The molecular formula is C26H26N4O4. The van der Waals surface area contributed by atoms with Gasteiger partial charge in [-0.25, -0.2) is 4.98 Å². The van der Waals surface area contributed by atoms with Crippen molar-refractivity contribution in [1.29, 1.82) is 0 Å². The van der Waals surface area contributed by atoms with Crippen LogP contribution in [0.25, 0.3) is 22.4 Å². The highest BCUT2D eigenvalue weighted by Gasteiger charge is 2.24. The normalized spacial score (nSPS) is 10.9. The average Bonchev–Trinajstić information content (AvgIpc) is 3.22. The molecule has 0 bridgehead atoms. The Morgan fingerprint density at radius 3 is 2.62 bits per heavy atom. The fraction of sp³-hybridized carbons (Fsp3) is 0.269. The van der Waals surface area contributed by atoms with E-state index in [1.54, 1.807) is 37.2 Å². The molecule has 0 N–H and O–H groups in total. The molecule has 1 amide bonds. The van der Waals surface area contributed by atoms with Crippen LogP contribution in [0.5, 0.6) is 0 Å². The van der Waals surface area contributed by atoms with E-state index in [2.05, 4.69) is 15.1 Å². The molecule has 1 aromatic carbocycles. The second-order valence-electron chi connectivity index (χ2n) is 8.01. The van der Waals surface area contributed by atoms with Crippen LogP contribution < -0.4 is 0 Å². The van der Waals surface area contributed by atoms with Crippen LogP contribution in [-0.4, -0.2) is 45.1 Å². The molecule has 4 aromatic rings. The number of aryl methyl sites for hydroxylation is 2. The number of hydrogen-bond donors (Lipinski definition) is 0. The maximum atomic E-state index is 13.9. The topological polar surface area (TPSA) is 98.4 Å². The molecule has 0 saturated heterocycles. The summed E-state index contributed by atoms with van der Waals surface area (Å²) in [6, 6.07) is 13.4. The van der Waals surface area contributed by atoms with E-state index < -0.39 is 0 Å². The van der Waals surface area contributed by atoms with Gasteiger partial charge in [0.1, 0.15) is 0 Å². The first-order chi connectivity index (χ1) is 16.5. The van der Waals surface area contributed by atoms with Crippen molar-refractivity contribution in [1.82, 2.24) is 20.0 Å². The Labute approximate surface area is 197 Å². The number of ether oxygens (including phenoxy) is 1. The first-order valence-electron chi connectivity index (χ1n) is 11.1. The van der Waals surface area contributed by atoms with Gasteiger partial charge in [0.25, 0.3) is 11.6 Å². The summed E-state index contributed by atoms with van der Waals surface area (Å²) in [6.45, 7) is 6.32. The highest BCUT2D eigenvalue weighted by molar-refractivity contribution is 6.07. The predicted octanol–water partition coefficient (Wildman–Crippen LogP) is 4.50. The minimum atomic E-state index is -0.354. The summed E-state index contributed by atoms with van der Waals surface area (Å²) >= 11 is 0. The van der Waals surface area contributed by atoms with Crippen molar-refractivity contribution >= 4 is 23.0 Å². The van der Waals surface area contributed by atoms with Crippen molar-refractivity contribution in [2.45, 2.75) is 33.7 Å². The summed E-state index contributed by atoms with van der Waals surface area (Å²) in [5.41, 5.74) is 4.74. The number of hydrogen-bond acceptors (Lipinski definition) is 7. The molecule has 8 heteroatoms. The van der Waals surface area contributed by atoms with Gasteiger partial charge in [-0.15, -0.1) is 0 Å². The lowest BCUT2D eigenvalue weighted by atomic mass is 10.0. The molecule has 34 heavy (non-hydrogen) atoms. The summed E-state index contributed by atoms with van der Waals surface area (Å²) < 4.78 is 10.5. The smallest absolute Gasteiger partial charge is 0.307 e. The molecule has 0 spiro atoms. The number of rotatable bonds is 8. The molecule has 0 atom stereocenters. The number of aromatic nitrogens is 3. The van der Waals surface area contributed by atoms with Gasteiger partial charge in [0, 0.05) is 31.0 Å². The van der Waals surface area contributed by atoms with Gasteiger partial charge in [-0.05, 0) is 38.5 Å². The third kappa shape index (κ3) is 5.11. The number of nitrogens with zero attached hydrogens (tertiary/aromatic N) is 4. The number of benzene rings is 1. The molecule has 8 nitrogen and oxygen atoms in total. The van der Waals surface area contributed by atoms with Crippen LogP contribution in [0.4, 0.5) is 0 Å². The third-order valence-electron chi connectivity index (χ3n) is 5.47. The summed E-state index contributed by atoms with van der Waals surface area (Å²) in [5.74, 6) is -0.604. The summed E-state index contributed by atoms with van der Waals surface area (Å²) in [6.07, 6.45) is 3.46. The lowest BCUT2D eigenvalue weighted by Crippen LogP contribution is -2.33. The second kappa shape index (κ2) is 10.2. The van der Waals surface area contributed by atoms with Gasteiger partial charge < -0.3 is 14.2 Å². The van der Waals surface area contributed by atoms with Crippen molar-refractivity contribution in [3.8, 4) is 11.3 Å². The van der Waals surface area contributed by atoms with E-state index in [-0.39, 0.29) is 24.8 Å². The lowest BCUT2D eigenvalue weighted by molar-refractivity contribution is -0.143. The van der Waals surface area contributed by atoms with Gasteiger partial charge in [0.15, 0.2) is 0 Å². The van der Waals surface area contributed by atoms with Crippen molar-refractivity contribution in [3.05, 3.63) is 77.2 Å². The zero-order valence-corrected chi connectivity index (χ0v) is 19.4. The average molecular weight is 459 g/mol. The molecule has 3 heterocycles. The van der Waals surface area contributed by atoms with Gasteiger partial charge in [0.2, 0.25) is 0 Å². The Morgan fingerprint density at radius 2 is 1.91 bits per heavy atom. The van der Waals surface area contributed by atoms with Crippen LogP contribution in [0.2, 0.25) is 0 Å². The molecule has 0 radical (unpaired) electrons. The fourth-order valence-electron chi connectivity index (χ4n) is 3.73. The van der Waals surface area contributed by atoms with Crippen LogP contribution in [-0.2, 0) is 16.1 Å². The van der Waals surface area contributed by atoms with E-state index in [1.165, 1.54) is 0 Å². The quantitative estimate of drug-likeness (QED) is 0.359. The van der Waals surface area contributed by atoms with Crippen molar-refractivity contribution in [3.63, 3.8) is 0 Å². The monoisotopic (exact) mass is 458 g/mol. The Kier molecular flexibility index (Phi) is 6.96. The van der Waals surface area contributed by atoms with E-state index in [0.717, 1.165) is 16.7 Å². The molecule has 3 aromatic heterocycles. The third-order valence-corrected chi connectivity index (χ3v) is 5.47. The SMILES string of the molecule is CCOC(=O)CCN(Cc1cccnc1)C(=O)c1cc(-c2ccc(C)cc2)nc2onc(C)c12. The Morgan fingerprint density at radius 1 is 1.12 bits per heavy atom. The molecule has 0 saturated carbocycles. The number of pyridine rings is 2. The van der Waals surface area contributed by atoms with Gasteiger partial charge in [-0.1, -0.05) is 41.1 Å². The molecule has 0 unspecified atom stereocenters. The standard InChI is InChI=1S/C26H26N4O4/c1-4-33-23(31)11-13-30(16-19-6-5-12-27-15-19)26(32)21-14-22(20-9-7-17(2)8-10-20)28-25-24(21)18(3)29-34-25/h5-10,12,14-15H,4,11,13,16H2,1-3H3. The predicted molar refractivity (Wildman–Crippen MR) is 127 cm³/mol. The first-order valence-corrected chi connectivity index (χ1v) is 11.1. The highest BCUT2D eigenvalue weighted by Crippen LogP contribution is 2.28. The van der Waals surface area contributed by atoms with Gasteiger partial charge >= 0.3 is 5.97 Å². The van der Waals surface area contributed by atoms with Gasteiger partial charge in [-0.2, -0.15) is 0 Å². The largest absolute Gasteiger partial charge is 0.466 e. The minimum Gasteiger partial charge on any atom is -0.466 e. The van der Waals surface area contributed by atoms with Gasteiger partial charge in [0.05, 0.1) is 35.4 Å². The zero-order chi connectivity index (χ0) is 24.1. The van der Waals surface area contributed by atoms with E-state index in [0.29, 0.717) is 41.2 Å². The Balaban J connectivity index is 1.75. The number of amides is 1. The minimum absolute atomic E-state index is 0.0848. The van der Waals surface area contributed by atoms with Gasteiger partial charge in [-0.3, -0.25) is 14.6 Å². The van der Waals surface area contributed by atoms with Crippen LogP contribution in [0.15, 0.2) is 59.4 Å². The van der Waals surface area contributed by atoms with Crippen LogP contribution in [0.3, 0.4) is 0 Å². The maximum absolute atomic E-state index is 13.9. The number of carbonyl (C=O) groups excluding carboxylic acids is 2. The molecule has 0 aliphatic carbocycles. The van der Waals surface area contributed by atoms with E-state index in [1.807, 2.05) is 43.3 Å². The summed E-state index contributed by atoms with van der Waals surface area (Å²) in [7, 11) is 0. The molecular weight excluding hydrogens is 432 g/mol. The van der Waals surface area contributed by atoms with Crippen LogP contribution >= 0.6 is 0 Å². The fourth-order valence-corrected chi connectivity index (χ4v) is 3.73. The van der Waals surface area contributed by atoms with E-state index in [4.69, 9.17) is 9.26 Å². The van der Waals surface area contributed by atoms with E-state index in [9.17, 15) is 9.59 Å². The number of fused-ring (bicyclic) bond motifs is 1. The first kappa shape index (κ1) is 23.1. The molecule has 4 rings (SSSR count). The molecule has 0 aliphatic rings. The number of carbonyl (C=O) groups is 2. The van der Waals surface area contributed by atoms with Crippen molar-refractivity contribution in [2.75, 3.05) is 13.2 Å². The van der Waals surface area contributed by atoms with Crippen LogP contribution in [0, 0.1) is 13.8 Å². The lowest BCUT2D eigenvalue weighted by Gasteiger charge is -2.23. The highest BCUT2D eigenvalue weighted by atomic mass is 16.5. The van der Waals surface area contributed by atoms with Crippen molar-refractivity contribution in [2.24, 2.45) is 0 Å². The molecule has 0 aliphatic heterocycles. The zero-order valence-electron chi connectivity index (χ0n) is 19.4. The summed E-state index contributed by atoms with van der Waals surface area (Å²) in [4.78, 5) is 36.3.